The summed E-state index contributed by atoms with van der Waals surface area (Å²) in [6, 6.07) is 15.8. The van der Waals surface area contributed by atoms with Crippen molar-refractivity contribution < 1.29 is 19.0 Å². The molecule has 1 heterocycles. The summed E-state index contributed by atoms with van der Waals surface area (Å²) in [5, 5.41) is 11.9. The lowest BCUT2D eigenvalue weighted by atomic mass is 10.2. The monoisotopic (exact) mass is 367 g/mol. The highest BCUT2D eigenvalue weighted by atomic mass is 16.6. The summed E-state index contributed by atoms with van der Waals surface area (Å²) in [7, 11) is 0. The van der Waals surface area contributed by atoms with Crippen LogP contribution in [0.1, 0.15) is 5.56 Å². The fourth-order valence-electron chi connectivity index (χ4n) is 2.66. The van der Waals surface area contributed by atoms with Gasteiger partial charge in [0.15, 0.2) is 0 Å². The van der Waals surface area contributed by atoms with Gasteiger partial charge in [0.1, 0.15) is 24.2 Å². The lowest BCUT2D eigenvalue weighted by Crippen LogP contribution is -2.38. The Morgan fingerprint density at radius 3 is 2.70 bits per heavy atom. The topological polar surface area (TPSA) is 83.8 Å². The fraction of sp³-hybridized carbons (Fsp3) is 0.300. The normalized spacial score (nSPS) is 14.2. The number of carbonyl (C=O) groups excluding carboxylic acids is 1. The van der Waals surface area contributed by atoms with E-state index in [1.807, 2.05) is 6.07 Å². The maximum atomic E-state index is 12.0. The zero-order valence-corrected chi connectivity index (χ0v) is 14.9. The molecule has 1 N–H and O–H groups in total. The molecule has 7 nitrogen and oxygen atoms in total. The molecule has 1 saturated heterocycles. The number of nitrogens with one attached hydrogen (secondary N) is 1. The van der Waals surface area contributed by atoms with Crippen molar-refractivity contribution in [1.82, 2.24) is 4.90 Å². The van der Waals surface area contributed by atoms with E-state index in [-0.39, 0.29) is 0 Å². The second-order valence-electron chi connectivity index (χ2n) is 5.95. The van der Waals surface area contributed by atoms with E-state index in [4.69, 9.17) is 14.2 Å². The molecule has 0 aromatic heterocycles. The average Bonchev–Trinajstić information content (AvgIpc) is 2.70. The van der Waals surface area contributed by atoms with Crippen molar-refractivity contribution in [2.24, 2.45) is 0 Å². The molecule has 140 valence electrons. The fourth-order valence-corrected chi connectivity index (χ4v) is 2.66. The van der Waals surface area contributed by atoms with Gasteiger partial charge in [0.2, 0.25) is 0 Å². The smallest absolute Gasteiger partial charge is 0.417 e. The van der Waals surface area contributed by atoms with Crippen LogP contribution in [0, 0.1) is 11.3 Å². The van der Waals surface area contributed by atoms with Crippen LogP contribution < -0.4 is 14.8 Å². The first-order valence-electron chi connectivity index (χ1n) is 8.75. The number of nitrogens with zero attached hydrogens (tertiary/aromatic N) is 2. The van der Waals surface area contributed by atoms with E-state index in [1.54, 1.807) is 42.5 Å². The zero-order chi connectivity index (χ0) is 18.9. The van der Waals surface area contributed by atoms with Crippen molar-refractivity contribution in [3.63, 3.8) is 0 Å². The summed E-state index contributed by atoms with van der Waals surface area (Å²) in [6.07, 6.45) is -0.606. The number of amides is 1. The second kappa shape index (κ2) is 9.57. The predicted octanol–water partition coefficient (Wildman–Crippen LogP) is 2.88. The van der Waals surface area contributed by atoms with Crippen molar-refractivity contribution in [3.05, 3.63) is 54.1 Å². The molecular weight excluding hydrogens is 346 g/mol. The summed E-state index contributed by atoms with van der Waals surface area (Å²) in [4.78, 5) is 14.3. The Hall–Kier alpha value is -3.08. The van der Waals surface area contributed by atoms with Crippen LogP contribution in [0.25, 0.3) is 0 Å². The van der Waals surface area contributed by atoms with Gasteiger partial charge in [-0.3, -0.25) is 10.2 Å². The molecule has 0 atom stereocenters. The minimum absolute atomic E-state index is 0.416. The van der Waals surface area contributed by atoms with E-state index in [0.29, 0.717) is 29.4 Å². The first kappa shape index (κ1) is 18.7. The lowest BCUT2D eigenvalue weighted by Gasteiger charge is -2.26. The number of benzene rings is 2. The quantitative estimate of drug-likeness (QED) is 0.845. The minimum Gasteiger partial charge on any atom is -0.491 e. The van der Waals surface area contributed by atoms with Gasteiger partial charge in [-0.1, -0.05) is 18.2 Å². The highest BCUT2D eigenvalue weighted by Gasteiger charge is 2.12. The van der Waals surface area contributed by atoms with Gasteiger partial charge in [-0.2, -0.15) is 5.26 Å². The van der Waals surface area contributed by atoms with E-state index >= 15 is 0 Å². The number of hydrogen-bond donors (Lipinski definition) is 1. The number of carbonyl (C=O) groups is 1. The third kappa shape index (κ3) is 5.71. The first-order valence-corrected chi connectivity index (χ1v) is 8.75. The van der Waals surface area contributed by atoms with Crippen LogP contribution in [0.2, 0.25) is 0 Å². The molecule has 7 heteroatoms. The molecule has 27 heavy (non-hydrogen) atoms. The lowest BCUT2D eigenvalue weighted by molar-refractivity contribution is 0.0322. The highest BCUT2D eigenvalue weighted by Crippen LogP contribution is 2.23. The van der Waals surface area contributed by atoms with Crippen LogP contribution >= 0.6 is 0 Å². The number of morpholine rings is 1. The van der Waals surface area contributed by atoms with Gasteiger partial charge in [-0.25, -0.2) is 4.79 Å². The van der Waals surface area contributed by atoms with E-state index in [2.05, 4.69) is 16.3 Å². The molecule has 0 aliphatic carbocycles. The van der Waals surface area contributed by atoms with Crippen molar-refractivity contribution in [3.8, 4) is 17.6 Å². The molecule has 0 saturated carbocycles. The van der Waals surface area contributed by atoms with Crippen LogP contribution in [-0.2, 0) is 4.74 Å². The second-order valence-corrected chi connectivity index (χ2v) is 5.95. The SMILES string of the molecule is N#Cc1ccc(NC(=O)Oc2ccccc2)cc1OCCN1CCOCC1. The molecule has 0 radical (unpaired) electrons. The van der Waals surface area contributed by atoms with Crippen LogP contribution in [0.5, 0.6) is 11.5 Å². The van der Waals surface area contributed by atoms with Gasteiger partial charge >= 0.3 is 6.09 Å². The molecule has 0 bridgehead atoms. The van der Waals surface area contributed by atoms with Crippen molar-refractivity contribution in [1.29, 1.82) is 5.26 Å². The number of para-hydroxylation sites is 1. The maximum Gasteiger partial charge on any atom is 0.417 e. The number of hydrogen-bond acceptors (Lipinski definition) is 6. The summed E-state index contributed by atoms with van der Waals surface area (Å²) in [5.41, 5.74) is 0.912. The van der Waals surface area contributed by atoms with Crippen molar-refractivity contribution in [2.45, 2.75) is 0 Å². The molecule has 3 rings (SSSR count). The minimum atomic E-state index is -0.606. The summed E-state index contributed by atoms with van der Waals surface area (Å²) in [6.45, 7) is 4.41. The third-order valence-electron chi connectivity index (χ3n) is 4.07. The summed E-state index contributed by atoms with van der Waals surface area (Å²) in [5.74, 6) is 0.883. The number of ether oxygens (including phenoxy) is 3. The number of nitriles is 1. The maximum absolute atomic E-state index is 12.0. The van der Waals surface area contributed by atoms with Crippen LogP contribution in [0.15, 0.2) is 48.5 Å². The first-order chi connectivity index (χ1) is 13.2. The molecule has 2 aromatic carbocycles. The Morgan fingerprint density at radius 2 is 1.96 bits per heavy atom. The molecule has 1 aliphatic heterocycles. The van der Waals surface area contributed by atoms with Crippen LogP contribution in [-0.4, -0.2) is 50.4 Å². The molecule has 1 aliphatic rings. The number of rotatable bonds is 6. The molecule has 0 spiro atoms. The Kier molecular flexibility index (Phi) is 6.63. The largest absolute Gasteiger partial charge is 0.491 e. The Balaban J connectivity index is 1.57. The molecule has 1 amide bonds. The average molecular weight is 367 g/mol. The van der Waals surface area contributed by atoms with E-state index in [9.17, 15) is 10.1 Å². The number of anilines is 1. The molecule has 0 unspecified atom stereocenters. The van der Waals surface area contributed by atoms with Gasteiger partial charge in [-0.05, 0) is 24.3 Å². The van der Waals surface area contributed by atoms with E-state index < -0.39 is 6.09 Å². The Morgan fingerprint density at radius 1 is 1.19 bits per heavy atom. The van der Waals surface area contributed by atoms with Crippen molar-refractivity contribution >= 4 is 11.8 Å². The van der Waals surface area contributed by atoms with Gasteiger partial charge in [0.25, 0.3) is 0 Å². The molecule has 2 aromatic rings. The van der Waals surface area contributed by atoms with Gasteiger partial charge in [-0.15, -0.1) is 0 Å². The van der Waals surface area contributed by atoms with Crippen molar-refractivity contribution in [2.75, 3.05) is 44.8 Å². The summed E-state index contributed by atoms with van der Waals surface area (Å²) < 4.78 is 16.3. The Bertz CT molecular complexity index is 799. The van der Waals surface area contributed by atoms with Gasteiger partial charge < -0.3 is 14.2 Å². The summed E-state index contributed by atoms with van der Waals surface area (Å²) >= 11 is 0. The van der Waals surface area contributed by atoms with E-state index in [0.717, 1.165) is 32.8 Å². The predicted molar refractivity (Wildman–Crippen MR) is 100.0 cm³/mol. The van der Waals surface area contributed by atoms with Crippen LogP contribution in [0.3, 0.4) is 0 Å². The third-order valence-corrected chi connectivity index (χ3v) is 4.07. The zero-order valence-electron chi connectivity index (χ0n) is 14.9. The highest BCUT2D eigenvalue weighted by molar-refractivity contribution is 5.86. The van der Waals surface area contributed by atoms with E-state index in [1.165, 1.54) is 0 Å². The Labute approximate surface area is 158 Å². The molecular formula is C20H21N3O4. The molecule has 1 fully saturated rings. The van der Waals surface area contributed by atoms with Crippen LogP contribution in [0.4, 0.5) is 10.5 Å². The standard InChI is InChI=1S/C20H21N3O4/c21-15-16-6-7-17(22-20(24)27-18-4-2-1-3-5-18)14-19(16)26-13-10-23-8-11-25-12-9-23/h1-7,14H,8-13H2,(H,22,24). The van der Waals surface area contributed by atoms with Gasteiger partial charge in [0, 0.05) is 31.4 Å². The van der Waals surface area contributed by atoms with Gasteiger partial charge in [0.05, 0.1) is 18.8 Å².